The number of rotatable bonds is 4. The van der Waals surface area contributed by atoms with E-state index in [9.17, 15) is 27.3 Å². The normalized spacial score (nSPS) is 32.3. The van der Waals surface area contributed by atoms with Crippen LogP contribution in [0.4, 0.5) is 13.2 Å². The smallest absolute Gasteiger partial charge is 0.349 e. The number of hydrogen-bond donors (Lipinski definition) is 0. The lowest BCUT2D eigenvalue weighted by Gasteiger charge is -2.30. The number of Topliss-reactive ketones (excluding diaryl/α,β-unsaturated/α-hetero) is 1. The summed E-state index contributed by atoms with van der Waals surface area (Å²) in [6.07, 6.45) is -2.23. The van der Waals surface area contributed by atoms with E-state index in [4.69, 9.17) is 18.3 Å². The fourth-order valence-corrected chi connectivity index (χ4v) is 4.55. The van der Waals surface area contributed by atoms with Crippen LogP contribution in [-0.2, 0) is 39.1 Å². The lowest BCUT2D eigenvalue weighted by Crippen LogP contribution is -2.40. The number of allylic oxidation sites excluding steroid dienone is 1. The molecule has 0 bridgehead atoms. The van der Waals surface area contributed by atoms with Crippen LogP contribution in [0, 0.1) is 11.6 Å². The Morgan fingerprint density at radius 2 is 2.00 bits per heavy atom. The number of nitrogens with zero attached hydrogens (tertiary/aromatic N) is 1. The third kappa shape index (κ3) is 4.15. The lowest BCUT2D eigenvalue weighted by molar-refractivity contribution is -0.146. The van der Waals surface area contributed by atoms with Gasteiger partial charge in [-0.3, -0.25) is 28.1 Å². The summed E-state index contributed by atoms with van der Waals surface area (Å²) in [5.74, 6) is -4.24. The summed E-state index contributed by atoms with van der Waals surface area (Å²) in [7, 11) is -4.07. The Hall–Kier alpha value is -2.04. The van der Waals surface area contributed by atoms with Crippen molar-refractivity contribution >= 4 is 19.5 Å². The van der Waals surface area contributed by atoms with Crippen molar-refractivity contribution in [2.24, 2.45) is 0 Å². The minimum absolute atomic E-state index is 0.0377. The van der Waals surface area contributed by atoms with Gasteiger partial charge in [0.2, 0.25) is 11.7 Å². The second kappa shape index (κ2) is 7.66. The van der Waals surface area contributed by atoms with Gasteiger partial charge >= 0.3 is 7.82 Å². The molecule has 0 aromatic heterocycles. The molecule has 1 aromatic rings. The summed E-state index contributed by atoms with van der Waals surface area (Å²) >= 11 is 0. The first-order chi connectivity index (χ1) is 13.7. The van der Waals surface area contributed by atoms with Gasteiger partial charge < -0.3 is 4.74 Å². The molecule has 8 nitrogen and oxygen atoms in total. The number of carbonyl (C=O) groups excluding carboxylic acids is 2. The molecule has 1 amide bonds. The van der Waals surface area contributed by atoms with Gasteiger partial charge in [-0.2, -0.15) is 0 Å². The highest BCUT2D eigenvalue weighted by Gasteiger charge is 2.49. The van der Waals surface area contributed by atoms with Gasteiger partial charge in [-0.15, -0.1) is 0 Å². The van der Waals surface area contributed by atoms with Crippen molar-refractivity contribution in [2.75, 3.05) is 6.61 Å². The molecule has 3 heterocycles. The molecule has 4 rings (SSSR count). The van der Waals surface area contributed by atoms with E-state index >= 15 is 0 Å². The third-order valence-electron chi connectivity index (χ3n) is 4.66. The molecular formula is C17H15F3NO7P. The second-order valence-electron chi connectivity index (χ2n) is 6.64. The molecule has 0 radical (unpaired) electrons. The van der Waals surface area contributed by atoms with Crippen LogP contribution < -0.4 is 0 Å². The summed E-state index contributed by atoms with van der Waals surface area (Å²) in [6, 6.07) is 2.83. The fourth-order valence-electron chi connectivity index (χ4n) is 3.17. The highest BCUT2D eigenvalue weighted by Crippen LogP contribution is 2.56. The number of benzene rings is 1. The zero-order chi connectivity index (χ0) is 20.8. The summed E-state index contributed by atoms with van der Waals surface area (Å²) in [5, 5.41) is 0. The minimum Gasteiger partial charge on any atom is -0.349 e. The van der Waals surface area contributed by atoms with E-state index in [1.54, 1.807) is 0 Å². The highest BCUT2D eigenvalue weighted by atomic mass is 31.2. The molecular weight excluding hydrogens is 418 g/mol. The molecule has 2 saturated heterocycles. The van der Waals surface area contributed by atoms with Gasteiger partial charge in [0, 0.05) is 24.3 Å². The Morgan fingerprint density at radius 3 is 2.76 bits per heavy atom. The van der Waals surface area contributed by atoms with E-state index in [2.05, 4.69) is 0 Å². The molecule has 29 heavy (non-hydrogen) atoms. The van der Waals surface area contributed by atoms with Gasteiger partial charge in [0.25, 0.3) is 0 Å². The van der Waals surface area contributed by atoms with Crippen molar-refractivity contribution < 1.29 is 45.6 Å². The Balaban J connectivity index is 1.40. The van der Waals surface area contributed by atoms with Crippen molar-refractivity contribution in [3.8, 4) is 0 Å². The van der Waals surface area contributed by atoms with E-state index < -0.39 is 68.4 Å². The van der Waals surface area contributed by atoms with Crippen molar-refractivity contribution in [3.63, 3.8) is 0 Å². The average Bonchev–Trinajstić information content (AvgIpc) is 3.06. The van der Waals surface area contributed by atoms with E-state index in [0.29, 0.717) is 6.07 Å². The maximum atomic E-state index is 13.7. The Kier molecular flexibility index (Phi) is 5.34. The van der Waals surface area contributed by atoms with E-state index in [1.165, 1.54) is 0 Å². The zero-order valence-corrected chi connectivity index (χ0v) is 15.7. The third-order valence-corrected chi connectivity index (χ3v) is 6.10. The summed E-state index contributed by atoms with van der Waals surface area (Å²) in [4.78, 5) is 24.2. The first kappa shape index (κ1) is 20.2. The van der Waals surface area contributed by atoms with Crippen molar-refractivity contribution in [1.82, 2.24) is 4.90 Å². The first-order valence-electron chi connectivity index (χ1n) is 8.63. The molecule has 0 aliphatic carbocycles. The van der Waals surface area contributed by atoms with Crippen LogP contribution in [0.3, 0.4) is 0 Å². The number of carbonyl (C=O) groups is 2. The maximum absolute atomic E-state index is 13.7. The van der Waals surface area contributed by atoms with Gasteiger partial charge in [0.15, 0.2) is 5.83 Å². The van der Waals surface area contributed by atoms with Crippen LogP contribution >= 0.6 is 7.82 Å². The molecule has 0 saturated carbocycles. The van der Waals surface area contributed by atoms with Crippen LogP contribution in [0.1, 0.15) is 18.4 Å². The number of ketones is 1. The number of ether oxygens (including phenoxy) is 1. The number of phosphoric acid groups is 1. The van der Waals surface area contributed by atoms with Gasteiger partial charge in [0.05, 0.1) is 19.6 Å². The topological polar surface area (TPSA) is 91.4 Å². The number of hydrogen-bond acceptors (Lipinski definition) is 7. The molecule has 0 spiro atoms. The summed E-state index contributed by atoms with van der Waals surface area (Å²) in [5.41, 5.74) is -0.0410. The molecule has 3 aliphatic rings. The Bertz CT molecular complexity index is 940. The summed E-state index contributed by atoms with van der Waals surface area (Å²) < 4.78 is 74.0. The SMILES string of the molecule is O=C1CC(=O)N([C@H]2C[C@@H]3OP(=O)(OCc4ccc(F)cc4F)OC[C@H]3O2)C=C1F. The van der Waals surface area contributed by atoms with Gasteiger partial charge in [-0.1, -0.05) is 6.07 Å². The number of halogens is 3. The predicted octanol–water partition coefficient (Wildman–Crippen LogP) is 2.73. The number of fused-ring (bicyclic) bond motifs is 1. The Morgan fingerprint density at radius 1 is 1.21 bits per heavy atom. The number of phosphoric ester groups is 1. The van der Waals surface area contributed by atoms with Crippen molar-refractivity contribution in [2.45, 2.75) is 37.9 Å². The van der Waals surface area contributed by atoms with Crippen LogP contribution in [-0.4, -0.2) is 41.6 Å². The molecule has 1 aromatic carbocycles. The molecule has 12 heteroatoms. The van der Waals surface area contributed by atoms with Crippen LogP contribution in [0.5, 0.6) is 0 Å². The quantitative estimate of drug-likeness (QED) is 0.533. The van der Waals surface area contributed by atoms with Crippen LogP contribution in [0.2, 0.25) is 0 Å². The van der Waals surface area contributed by atoms with E-state index in [1.807, 2.05) is 0 Å². The van der Waals surface area contributed by atoms with Gasteiger partial charge in [-0.05, 0) is 6.07 Å². The maximum Gasteiger partial charge on any atom is 0.475 e. The fraction of sp³-hybridized carbons (Fsp3) is 0.412. The molecule has 1 unspecified atom stereocenters. The second-order valence-corrected chi connectivity index (χ2v) is 8.26. The standard InChI is InChI=1S/C17H15F3NO7P/c18-10-2-1-9(11(19)3-10)7-25-29(24)26-8-15-14(28-29)5-17(27-15)21-6-12(20)13(22)4-16(21)23/h1-3,6,14-15,17H,4-5,7-8H2/t14-,15+,17+,29?/m0/s1. The first-order valence-corrected chi connectivity index (χ1v) is 10.1. The monoisotopic (exact) mass is 433 g/mol. The van der Waals surface area contributed by atoms with E-state index in [-0.39, 0.29) is 18.6 Å². The predicted molar refractivity (Wildman–Crippen MR) is 88.5 cm³/mol. The average molecular weight is 433 g/mol. The molecule has 3 aliphatic heterocycles. The zero-order valence-electron chi connectivity index (χ0n) is 14.8. The molecule has 2 fully saturated rings. The Labute approximate surface area is 162 Å². The van der Waals surface area contributed by atoms with Crippen LogP contribution in [0.15, 0.2) is 30.2 Å². The largest absolute Gasteiger partial charge is 0.475 e. The minimum atomic E-state index is -4.07. The van der Waals surface area contributed by atoms with Gasteiger partial charge in [0.1, 0.15) is 30.1 Å². The molecule has 156 valence electrons. The number of amides is 1. The van der Waals surface area contributed by atoms with Crippen LogP contribution in [0.25, 0.3) is 0 Å². The highest BCUT2D eigenvalue weighted by molar-refractivity contribution is 7.48. The summed E-state index contributed by atoms with van der Waals surface area (Å²) in [6.45, 7) is -0.677. The van der Waals surface area contributed by atoms with Crippen molar-refractivity contribution in [3.05, 3.63) is 47.4 Å². The van der Waals surface area contributed by atoms with E-state index in [0.717, 1.165) is 23.2 Å². The molecule has 0 N–H and O–H groups in total. The van der Waals surface area contributed by atoms with Gasteiger partial charge in [-0.25, -0.2) is 17.7 Å². The lowest BCUT2D eigenvalue weighted by atomic mass is 10.1. The van der Waals surface area contributed by atoms with Crippen molar-refractivity contribution in [1.29, 1.82) is 0 Å². The molecule has 4 atom stereocenters.